The maximum Gasteiger partial charge on any atom is 0.325 e. The summed E-state index contributed by atoms with van der Waals surface area (Å²) in [5.41, 5.74) is 5.86. The Morgan fingerprint density at radius 3 is 2.22 bits per heavy atom. The molecule has 0 saturated heterocycles. The molecule has 198 valence electrons. The number of rotatable bonds is 13. The minimum atomic E-state index is -3.90. The number of allylic oxidation sites excluding steroid dienone is 1. The van der Waals surface area contributed by atoms with Crippen LogP contribution in [0.3, 0.4) is 0 Å². The normalized spacial score (nSPS) is 12.1. The minimum Gasteiger partial charge on any atom is -0.494 e. The van der Waals surface area contributed by atoms with Gasteiger partial charge in [0.05, 0.1) is 6.61 Å². The predicted octanol–water partition coefficient (Wildman–Crippen LogP) is 7.87. The van der Waals surface area contributed by atoms with Gasteiger partial charge in [-0.3, -0.25) is 4.57 Å². The Bertz CT molecular complexity index is 1230. The highest BCUT2D eigenvalue weighted by Gasteiger charge is 2.11. The van der Waals surface area contributed by atoms with Gasteiger partial charge >= 0.3 is 7.60 Å². The number of halogens is 2. The minimum absolute atomic E-state index is 0.0600. The SMILES string of the molecule is Cc1ccc(/C=C(\CCCOc2ccc(CCCCCP(=O)(O)O)cc2)c2cc(F)cc(F)c2)cc1C. The van der Waals surface area contributed by atoms with E-state index in [0.29, 0.717) is 31.4 Å². The van der Waals surface area contributed by atoms with Gasteiger partial charge in [-0.2, -0.15) is 0 Å². The number of hydrogen-bond donors (Lipinski definition) is 2. The molecule has 3 rings (SSSR count). The van der Waals surface area contributed by atoms with Crippen LogP contribution in [0.2, 0.25) is 0 Å². The first-order valence-electron chi connectivity index (χ1n) is 12.6. The van der Waals surface area contributed by atoms with Gasteiger partial charge in [-0.1, -0.05) is 42.8 Å². The molecule has 0 aliphatic rings. The molecule has 3 aromatic carbocycles. The zero-order valence-corrected chi connectivity index (χ0v) is 22.3. The van der Waals surface area contributed by atoms with E-state index in [1.807, 2.05) is 56.3 Å². The topological polar surface area (TPSA) is 66.8 Å². The van der Waals surface area contributed by atoms with Crippen LogP contribution in [-0.4, -0.2) is 22.6 Å². The summed E-state index contributed by atoms with van der Waals surface area (Å²) in [5, 5.41) is 0. The first-order chi connectivity index (χ1) is 17.6. The van der Waals surface area contributed by atoms with Crippen LogP contribution >= 0.6 is 7.60 Å². The van der Waals surface area contributed by atoms with Gasteiger partial charge in [0, 0.05) is 12.2 Å². The van der Waals surface area contributed by atoms with Gasteiger partial charge in [-0.05, 0) is 104 Å². The lowest BCUT2D eigenvalue weighted by Crippen LogP contribution is -1.99. The van der Waals surface area contributed by atoms with Gasteiger partial charge in [-0.15, -0.1) is 0 Å². The zero-order valence-electron chi connectivity index (χ0n) is 21.4. The Morgan fingerprint density at radius 2 is 1.57 bits per heavy atom. The lowest BCUT2D eigenvalue weighted by Gasteiger charge is -2.12. The molecule has 0 saturated carbocycles. The molecule has 0 aliphatic carbocycles. The summed E-state index contributed by atoms with van der Waals surface area (Å²) in [4.78, 5) is 17.8. The van der Waals surface area contributed by atoms with Crippen molar-refractivity contribution in [3.8, 4) is 5.75 Å². The van der Waals surface area contributed by atoms with Crippen molar-refractivity contribution in [3.05, 3.63) is 100 Å². The summed E-state index contributed by atoms with van der Waals surface area (Å²) in [6, 6.07) is 17.6. The number of aryl methyl sites for hydroxylation is 3. The van der Waals surface area contributed by atoms with Crippen LogP contribution in [0.5, 0.6) is 5.75 Å². The van der Waals surface area contributed by atoms with E-state index in [-0.39, 0.29) is 6.16 Å². The molecule has 7 heteroatoms. The average Bonchev–Trinajstić information content (AvgIpc) is 2.82. The van der Waals surface area contributed by atoms with Crippen molar-refractivity contribution in [2.45, 2.75) is 52.4 Å². The van der Waals surface area contributed by atoms with Crippen LogP contribution in [0.1, 0.15) is 59.9 Å². The third kappa shape index (κ3) is 10.2. The van der Waals surface area contributed by atoms with Crippen molar-refractivity contribution in [1.29, 1.82) is 0 Å². The molecule has 0 unspecified atom stereocenters. The van der Waals surface area contributed by atoms with Gasteiger partial charge in [0.25, 0.3) is 0 Å². The lowest BCUT2D eigenvalue weighted by atomic mass is 9.97. The summed E-state index contributed by atoms with van der Waals surface area (Å²) >= 11 is 0. The van der Waals surface area contributed by atoms with E-state index in [2.05, 4.69) is 6.07 Å². The molecule has 0 aromatic heterocycles. The molecule has 0 radical (unpaired) electrons. The fourth-order valence-corrected chi connectivity index (χ4v) is 4.76. The summed E-state index contributed by atoms with van der Waals surface area (Å²) in [5.74, 6) is -0.444. The Balaban J connectivity index is 1.55. The first kappa shape index (κ1) is 28.8. The first-order valence-corrected chi connectivity index (χ1v) is 14.4. The molecule has 4 nitrogen and oxygen atoms in total. The third-order valence-electron chi connectivity index (χ3n) is 6.30. The van der Waals surface area contributed by atoms with Crippen LogP contribution in [0, 0.1) is 25.5 Å². The molecule has 37 heavy (non-hydrogen) atoms. The highest BCUT2D eigenvalue weighted by molar-refractivity contribution is 7.51. The van der Waals surface area contributed by atoms with Gasteiger partial charge in [0.1, 0.15) is 17.4 Å². The predicted molar refractivity (Wildman–Crippen MR) is 146 cm³/mol. The van der Waals surface area contributed by atoms with Crippen molar-refractivity contribution in [1.82, 2.24) is 0 Å². The fourth-order valence-electron chi connectivity index (χ4n) is 4.12. The smallest absolute Gasteiger partial charge is 0.325 e. The summed E-state index contributed by atoms with van der Waals surface area (Å²) < 4.78 is 44.7. The Morgan fingerprint density at radius 1 is 0.865 bits per heavy atom. The second-order valence-corrected chi connectivity index (χ2v) is 11.2. The van der Waals surface area contributed by atoms with Crippen molar-refractivity contribution in [3.63, 3.8) is 0 Å². The number of hydrogen-bond acceptors (Lipinski definition) is 2. The van der Waals surface area contributed by atoms with Crippen LogP contribution in [0.15, 0.2) is 60.7 Å². The van der Waals surface area contributed by atoms with E-state index in [9.17, 15) is 13.3 Å². The summed E-state index contributed by atoms with van der Waals surface area (Å²) in [6.45, 7) is 4.55. The van der Waals surface area contributed by atoms with E-state index in [1.54, 1.807) is 0 Å². The van der Waals surface area contributed by atoms with Gasteiger partial charge in [-0.25, -0.2) is 8.78 Å². The molecule has 0 aliphatic heterocycles. The number of ether oxygens (including phenoxy) is 1. The highest BCUT2D eigenvalue weighted by atomic mass is 31.2. The molecule has 0 fully saturated rings. The number of unbranched alkanes of at least 4 members (excludes halogenated alkanes) is 2. The Labute approximate surface area is 218 Å². The van der Waals surface area contributed by atoms with Crippen molar-refractivity contribution >= 4 is 19.2 Å². The Hall–Kier alpha value is -2.79. The maximum absolute atomic E-state index is 13.9. The quantitative estimate of drug-likeness (QED) is 0.135. The number of benzene rings is 3. The fraction of sp³-hybridized carbons (Fsp3) is 0.333. The van der Waals surface area contributed by atoms with E-state index in [0.717, 1.165) is 53.3 Å². The van der Waals surface area contributed by atoms with Crippen LogP contribution in [0.4, 0.5) is 8.78 Å². The van der Waals surface area contributed by atoms with Crippen LogP contribution < -0.4 is 4.74 Å². The van der Waals surface area contributed by atoms with E-state index in [4.69, 9.17) is 14.5 Å². The lowest BCUT2D eigenvalue weighted by molar-refractivity contribution is 0.313. The standard InChI is InChI=1S/C30H35F2O4P/c1-22-9-10-25(17-23(22)2)18-26(27-19-28(31)21-29(32)20-27)8-6-15-36-30-13-11-24(12-14-30)7-4-3-5-16-37(33,34)35/h9-14,17-21H,3-8,15-16H2,1-2H3,(H2,33,34,35)/b26-18+. The molecule has 0 heterocycles. The average molecular weight is 529 g/mol. The highest BCUT2D eigenvalue weighted by Crippen LogP contribution is 2.35. The van der Waals surface area contributed by atoms with Gasteiger partial charge in [0.2, 0.25) is 0 Å². The van der Waals surface area contributed by atoms with Gasteiger partial charge in [0.15, 0.2) is 0 Å². The molecule has 0 atom stereocenters. The molecule has 0 amide bonds. The zero-order chi connectivity index (χ0) is 26.8. The van der Waals surface area contributed by atoms with E-state index < -0.39 is 19.2 Å². The molecule has 3 aromatic rings. The molecule has 0 spiro atoms. The van der Waals surface area contributed by atoms with Gasteiger partial charge < -0.3 is 14.5 Å². The molecular weight excluding hydrogens is 493 g/mol. The second kappa shape index (κ2) is 13.7. The van der Waals surface area contributed by atoms with Crippen molar-refractivity contribution in [2.75, 3.05) is 12.8 Å². The largest absolute Gasteiger partial charge is 0.494 e. The Kier molecular flexibility index (Phi) is 10.6. The molecule has 2 N–H and O–H groups in total. The third-order valence-corrected chi connectivity index (χ3v) is 7.20. The second-order valence-electron chi connectivity index (χ2n) is 9.47. The summed E-state index contributed by atoms with van der Waals surface area (Å²) in [6.07, 6.45) is 6.21. The van der Waals surface area contributed by atoms with Crippen LogP contribution in [-0.2, 0) is 11.0 Å². The maximum atomic E-state index is 13.9. The molecular formula is C30H35F2O4P. The van der Waals surface area contributed by atoms with Crippen molar-refractivity contribution < 1.29 is 27.9 Å². The van der Waals surface area contributed by atoms with E-state index >= 15 is 0 Å². The van der Waals surface area contributed by atoms with Crippen molar-refractivity contribution in [2.24, 2.45) is 0 Å². The molecule has 0 bridgehead atoms. The summed E-state index contributed by atoms with van der Waals surface area (Å²) in [7, 11) is -3.90. The van der Waals surface area contributed by atoms with E-state index in [1.165, 1.54) is 17.7 Å². The monoisotopic (exact) mass is 528 g/mol. The van der Waals surface area contributed by atoms with Crippen LogP contribution in [0.25, 0.3) is 11.6 Å².